The van der Waals surface area contributed by atoms with Crippen LogP contribution in [0.5, 0.6) is 0 Å². The van der Waals surface area contributed by atoms with Crippen molar-refractivity contribution in [3.8, 4) is 33.1 Å². The number of H-pyrrole nitrogens is 1. The lowest BCUT2D eigenvalue weighted by Gasteiger charge is -2.08. The molecule has 0 bridgehead atoms. The maximum atomic E-state index is 14.2. The molecule has 2 aromatic heterocycles. The number of carbonyl (C=O) groups excluding carboxylic acids is 1. The molecule has 0 aliphatic carbocycles. The summed E-state index contributed by atoms with van der Waals surface area (Å²) in [4.78, 5) is 17.4. The standard InChI is InChI=1S/C25H15F3N4OS/c26-14-9-10-15(19(28)11-14)21-12-22(32-31-21)24(33)29-20-8-4-2-6-17(20)23-13-34-25(30-23)16-5-1-3-7-18(16)27/h1-13H,(H,29,33)(H,31,32). The molecule has 5 aromatic rings. The average molecular weight is 476 g/mol. The number of anilines is 1. The number of carbonyl (C=O) groups is 1. The van der Waals surface area contributed by atoms with E-state index in [9.17, 15) is 18.0 Å². The molecule has 2 heterocycles. The van der Waals surface area contributed by atoms with Crippen molar-refractivity contribution < 1.29 is 18.0 Å². The Balaban J connectivity index is 1.40. The minimum absolute atomic E-state index is 0.0697. The Kier molecular flexibility index (Phi) is 5.69. The van der Waals surface area contributed by atoms with Gasteiger partial charge in [0.2, 0.25) is 0 Å². The normalized spacial score (nSPS) is 10.9. The number of nitrogens with zero attached hydrogens (tertiary/aromatic N) is 2. The summed E-state index contributed by atoms with van der Waals surface area (Å²) in [7, 11) is 0. The fraction of sp³-hybridized carbons (Fsp3) is 0. The third-order valence-corrected chi connectivity index (χ3v) is 5.96. The molecule has 0 fully saturated rings. The summed E-state index contributed by atoms with van der Waals surface area (Å²) in [6.45, 7) is 0. The van der Waals surface area contributed by atoms with Crippen LogP contribution in [0, 0.1) is 17.5 Å². The van der Waals surface area contributed by atoms with Crippen molar-refractivity contribution in [1.29, 1.82) is 0 Å². The highest BCUT2D eigenvalue weighted by atomic mass is 32.1. The van der Waals surface area contributed by atoms with E-state index < -0.39 is 17.5 Å². The summed E-state index contributed by atoms with van der Waals surface area (Å²) in [5.74, 6) is -2.35. The maximum absolute atomic E-state index is 14.2. The van der Waals surface area contributed by atoms with Gasteiger partial charge in [-0.3, -0.25) is 9.89 Å². The monoisotopic (exact) mass is 476 g/mol. The molecule has 0 radical (unpaired) electrons. The topological polar surface area (TPSA) is 70.7 Å². The SMILES string of the molecule is O=C(Nc1ccccc1-c1csc(-c2ccccc2F)n1)c1cc(-c2ccc(F)cc2F)n[nH]1. The lowest BCUT2D eigenvalue weighted by atomic mass is 10.1. The summed E-state index contributed by atoms with van der Waals surface area (Å²) >= 11 is 1.30. The van der Waals surface area contributed by atoms with Gasteiger partial charge >= 0.3 is 0 Å². The number of benzene rings is 3. The first kappa shape index (κ1) is 21.6. The maximum Gasteiger partial charge on any atom is 0.273 e. The number of hydrogen-bond acceptors (Lipinski definition) is 4. The zero-order chi connectivity index (χ0) is 23.7. The predicted molar refractivity (Wildman–Crippen MR) is 125 cm³/mol. The van der Waals surface area contributed by atoms with Crippen molar-refractivity contribution in [2.24, 2.45) is 0 Å². The summed E-state index contributed by atoms with van der Waals surface area (Å²) in [5, 5.41) is 11.7. The Labute approximate surface area is 195 Å². The Morgan fingerprint density at radius 2 is 1.59 bits per heavy atom. The molecule has 0 unspecified atom stereocenters. The van der Waals surface area contributed by atoms with E-state index in [0.717, 1.165) is 12.1 Å². The first-order valence-corrected chi connectivity index (χ1v) is 11.0. The number of aromatic amines is 1. The van der Waals surface area contributed by atoms with Gasteiger partial charge in [-0.15, -0.1) is 11.3 Å². The Hall–Kier alpha value is -4.24. The summed E-state index contributed by atoms with van der Waals surface area (Å²) in [5.41, 5.74) is 2.46. The van der Waals surface area contributed by atoms with Crippen LogP contribution in [0.2, 0.25) is 0 Å². The molecule has 0 spiro atoms. The fourth-order valence-electron chi connectivity index (χ4n) is 3.43. The highest BCUT2D eigenvalue weighted by Crippen LogP contribution is 2.34. The highest BCUT2D eigenvalue weighted by Gasteiger charge is 2.17. The Bertz CT molecular complexity index is 1510. The number of nitrogens with one attached hydrogen (secondary N) is 2. The first-order chi connectivity index (χ1) is 16.5. The van der Waals surface area contributed by atoms with Gasteiger partial charge in [0, 0.05) is 28.1 Å². The highest BCUT2D eigenvalue weighted by molar-refractivity contribution is 7.13. The van der Waals surface area contributed by atoms with E-state index in [4.69, 9.17) is 0 Å². The van der Waals surface area contributed by atoms with Crippen molar-refractivity contribution >= 4 is 22.9 Å². The molecule has 3 aromatic carbocycles. The molecule has 0 aliphatic rings. The zero-order valence-corrected chi connectivity index (χ0v) is 18.2. The minimum atomic E-state index is -0.780. The second kappa shape index (κ2) is 8.95. The van der Waals surface area contributed by atoms with Gasteiger partial charge in [0.15, 0.2) is 0 Å². The van der Waals surface area contributed by atoms with Crippen LogP contribution >= 0.6 is 11.3 Å². The number of aromatic nitrogens is 3. The lowest BCUT2D eigenvalue weighted by molar-refractivity contribution is 0.102. The van der Waals surface area contributed by atoms with E-state index in [1.54, 1.807) is 47.8 Å². The fourth-order valence-corrected chi connectivity index (χ4v) is 4.28. The van der Waals surface area contributed by atoms with Crippen LogP contribution in [-0.4, -0.2) is 21.1 Å². The Morgan fingerprint density at radius 1 is 0.824 bits per heavy atom. The molecule has 0 atom stereocenters. The molecular weight excluding hydrogens is 461 g/mol. The Morgan fingerprint density at radius 3 is 2.38 bits per heavy atom. The molecule has 9 heteroatoms. The van der Waals surface area contributed by atoms with Crippen molar-refractivity contribution in [2.45, 2.75) is 0 Å². The quantitative estimate of drug-likeness (QED) is 0.303. The summed E-state index contributed by atoms with van der Waals surface area (Å²) < 4.78 is 41.4. The van der Waals surface area contributed by atoms with Crippen LogP contribution in [0.4, 0.5) is 18.9 Å². The number of hydrogen-bond donors (Lipinski definition) is 2. The third kappa shape index (κ3) is 4.20. The second-order valence-electron chi connectivity index (χ2n) is 7.31. The van der Waals surface area contributed by atoms with E-state index in [-0.39, 0.29) is 22.8 Å². The van der Waals surface area contributed by atoms with E-state index in [1.807, 2.05) is 0 Å². The molecule has 0 aliphatic heterocycles. The van der Waals surface area contributed by atoms with Gasteiger partial charge in [-0.2, -0.15) is 5.10 Å². The molecule has 168 valence electrons. The van der Waals surface area contributed by atoms with Crippen LogP contribution in [0.1, 0.15) is 10.5 Å². The van der Waals surface area contributed by atoms with Gasteiger partial charge in [-0.25, -0.2) is 18.2 Å². The van der Waals surface area contributed by atoms with Gasteiger partial charge in [-0.1, -0.05) is 30.3 Å². The van der Waals surface area contributed by atoms with Gasteiger partial charge in [0.05, 0.1) is 17.1 Å². The number of halogens is 3. The van der Waals surface area contributed by atoms with E-state index >= 15 is 0 Å². The average Bonchev–Trinajstić information content (AvgIpc) is 3.50. The zero-order valence-electron chi connectivity index (χ0n) is 17.4. The minimum Gasteiger partial charge on any atom is -0.320 e. The van der Waals surface area contributed by atoms with Crippen LogP contribution in [0.25, 0.3) is 33.1 Å². The predicted octanol–water partition coefficient (Wildman–Crippen LogP) is 6.54. The molecule has 0 saturated heterocycles. The summed E-state index contributed by atoms with van der Waals surface area (Å²) in [6, 6.07) is 18.0. The number of amides is 1. The largest absolute Gasteiger partial charge is 0.320 e. The van der Waals surface area contributed by atoms with Gasteiger partial charge < -0.3 is 5.32 Å². The number of rotatable bonds is 5. The lowest BCUT2D eigenvalue weighted by Crippen LogP contribution is -2.13. The van der Waals surface area contributed by atoms with Gasteiger partial charge in [0.1, 0.15) is 28.2 Å². The van der Waals surface area contributed by atoms with E-state index in [2.05, 4.69) is 20.5 Å². The van der Waals surface area contributed by atoms with Gasteiger partial charge in [-0.05, 0) is 36.4 Å². The van der Waals surface area contributed by atoms with Gasteiger partial charge in [0.25, 0.3) is 5.91 Å². The smallest absolute Gasteiger partial charge is 0.273 e. The van der Waals surface area contributed by atoms with Crippen molar-refractivity contribution in [1.82, 2.24) is 15.2 Å². The molecule has 0 saturated carbocycles. The number of thiazole rings is 1. The molecule has 5 nitrogen and oxygen atoms in total. The molecule has 34 heavy (non-hydrogen) atoms. The van der Waals surface area contributed by atoms with Crippen molar-refractivity contribution in [3.05, 3.63) is 101 Å². The summed E-state index contributed by atoms with van der Waals surface area (Å²) in [6.07, 6.45) is 0. The van der Waals surface area contributed by atoms with Crippen LogP contribution in [0.15, 0.2) is 78.2 Å². The van der Waals surface area contributed by atoms with Crippen LogP contribution < -0.4 is 5.32 Å². The second-order valence-corrected chi connectivity index (χ2v) is 8.17. The van der Waals surface area contributed by atoms with Crippen molar-refractivity contribution in [3.63, 3.8) is 0 Å². The third-order valence-electron chi connectivity index (χ3n) is 5.09. The van der Waals surface area contributed by atoms with E-state index in [0.29, 0.717) is 27.5 Å². The van der Waals surface area contributed by atoms with Crippen LogP contribution in [0.3, 0.4) is 0 Å². The molecular formula is C25H15F3N4OS. The molecule has 1 amide bonds. The van der Waals surface area contributed by atoms with Crippen molar-refractivity contribution in [2.75, 3.05) is 5.32 Å². The van der Waals surface area contributed by atoms with Crippen LogP contribution in [-0.2, 0) is 0 Å². The molecule has 5 rings (SSSR count). The number of para-hydroxylation sites is 1. The first-order valence-electron chi connectivity index (χ1n) is 10.1. The molecule has 2 N–H and O–H groups in total. The van der Waals surface area contributed by atoms with E-state index in [1.165, 1.54) is 29.5 Å².